The van der Waals surface area contributed by atoms with Crippen LogP contribution in [0.15, 0.2) is 65.5 Å². The molecule has 0 bridgehead atoms. The maximum atomic E-state index is 12.3. The SMILES string of the molecule is CCCNC(=O)c1ccc(-c2ccc(=O)n(Cc3cccc(CCC)c3)n2)cc1. The van der Waals surface area contributed by atoms with Gasteiger partial charge in [0.25, 0.3) is 11.5 Å². The number of aromatic nitrogens is 2. The summed E-state index contributed by atoms with van der Waals surface area (Å²) in [6.45, 7) is 5.26. The second kappa shape index (κ2) is 9.82. The lowest BCUT2D eigenvalue weighted by molar-refractivity contribution is 0.0953. The number of benzene rings is 2. The van der Waals surface area contributed by atoms with E-state index >= 15 is 0 Å². The highest BCUT2D eigenvalue weighted by molar-refractivity contribution is 5.94. The first-order valence-electron chi connectivity index (χ1n) is 10.1. The number of nitrogens with one attached hydrogen (secondary N) is 1. The molecule has 5 nitrogen and oxygen atoms in total. The topological polar surface area (TPSA) is 64.0 Å². The van der Waals surface area contributed by atoms with E-state index < -0.39 is 0 Å². The van der Waals surface area contributed by atoms with Crippen LogP contribution in [0.4, 0.5) is 0 Å². The van der Waals surface area contributed by atoms with E-state index in [0.29, 0.717) is 24.3 Å². The molecule has 0 aliphatic rings. The molecule has 5 heteroatoms. The first kappa shape index (κ1) is 20.5. The third-order valence-electron chi connectivity index (χ3n) is 4.71. The van der Waals surface area contributed by atoms with Crippen LogP contribution in [0.5, 0.6) is 0 Å². The zero-order valence-electron chi connectivity index (χ0n) is 17.0. The number of aryl methyl sites for hydroxylation is 1. The monoisotopic (exact) mass is 389 g/mol. The maximum Gasteiger partial charge on any atom is 0.267 e. The van der Waals surface area contributed by atoms with Gasteiger partial charge in [0, 0.05) is 23.7 Å². The highest BCUT2D eigenvalue weighted by Gasteiger charge is 2.08. The van der Waals surface area contributed by atoms with E-state index in [-0.39, 0.29) is 11.5 Å². The first-order valence-corrected chi connectivity index (χ1v) is 10.1. The molecule has 0 aliphatic carbocycles. The molecule has 0 aliphatic heterocycles. The molecule has 0 unspecified atom stereocenters. The standard InChI is InChI=1S/C24H27N3O2/c1-3-6-18-7-5-8-19(16-18)17-27-23(28)14-13-22(26-27)20-9-11-21(12-10-20)24(29)25-15-4-2/h5,7-14,16H,3-4,6,15,17H2,1-2H3,(H,25,29). The molecular weight excluding hydrogens is 362 g/mol. The van der Waals surface area contributed by atoms with Gasteiger partial charge in [-0.05, 0) is 42.2 Å². The van der Waals surface area contributed by atoms with Crippen molar-refractivity contribution in [1.82, 2.24) is 15.1 Å². The van der Waals surface area contributed by atoms with E-state index in [0.717, 1.165) is 30.4 Å². The third kappa shape index (κ3) is 5.41. The molecule has 3 aromatic rings. The van der Waals surface area contributed by atoms with Crippen LogP contribution in [0.1, 0.15) is 48.2 Å². The first-order chi connectivity index (χ1) is 14.1. The molecule has 150 valence electrons. The van der Waals surface area contributed by atoms with Gasteiger partial charge in [-0.2, -0.15) is 5.10 Å². The van der Waals surface area contributed by atoms with Gasteiger partial charge in [0.15, 0.2) is 0 Å². The van der Waals surface area contributed by atoms with E-state index in [1.165, 1.54) is 10.2 Å². The van der Waals surface area contributed by atoms with Crippen LogP contribution in [-0.4, -0.2) is 22.2 Å². The summed E-state index contributed by atoms with van der Waals surface area (Å²) in [5.41, 5.74) is 4.38. The molecule has 1 N–H and O–H groups in total. The lowest BCUT2D eigenvalue weighted by atomic mass is 10.1. The van der Waals surface area contributed by atoms with Crippen molar-refractivity contribution in [3.63, 3.8) is 0 Å². The third-order valence-corrected chi connectivity index (χ3v) is 4.71. The van der Waals surface area contributed by atoms with Gasteiger partial charge in [0.05, 0.1) is 12.2 Å². The molecule has 0 radical (unpaired) electrons. The number of nitrogens with zero attached hydrogens (tertiary/aromatic N) is 2. The summed E-state index contributed by atoms with van der Waals surface area (Å²) >= 11 is 0. The molecule has 0 saturated heterocycles. The van der Waals surface area contributed by atoms with Crippen molar-refractivity contribution in [1.29, 1.82) is 0 Å². The summed E-state index contributed by atoms with van der Waals surface area (Å²) < 4.78 is 1.49. The molecule has 3 rings (SSSR count). The minimum absolute atomic E-state index is 0.0803. The Labute approximate surface area is 171 Å². The Balaban J connectivity index is 1.81. The Morgan fingerprint density at radius 3 is 2.45 bits per heavy atom. The van der Waals surface area contributed by atoms with E-state index in [4.69, 9.17) is 0 Å². The predicted octanol–water partition coefficient (Wildman–Crippen LogP) is 4.05. The molecular formula is C24H27N3O2. The Morgan fingerprint density at radius 1 is 0.966 bits per heavy atom. The van der Waals surface area contributed by atoms with Crippen LogP contribution in [0.25, 0.3) is 11.3 Å². The lowest BCUT2D eigenvalue weighted by Crippen LogP contribution is -2.24. The van der Waals surface area contributed by atoms with E-state index in [1.807, 2.05) is 31.2 Å². The van der Waals surface area contributed by atoms with Crippen LogP contribution in [0.3, 0.4) is 0 Å². The molecule has 1 amide bonds. The van der Waals surface area contributed by atoms with Crippen molar-refractivity contribution in [3.8, 4) is 11.3 Å². The summed E-state index contributed by atoms with van der Waals surface area (Å²) in [6, 6.07) is 18.8. The fraction of sp³-hybridized carbons (Fsp3) is 0.292. The Bertz CT molecular complexity index is 1020. The van der Waals surface area contributed by atoms with Crippen molar-refractivity contribution in [3.05, 3.63) is 87.7 Å². The highest BCUT2D eigenvalue weighted by atomic mass is 16.1. The average molecular weight is 389 g/mol. The minimum Gasteiger partial charge on any atom is -0.352 e. The number of hydrogen-bond donors (Lipinski definition) is 1. The Kier molecular flexibility index (Phi) is 6.95. The van der Waals surface area contributed by atoms with Gasteiger partial charge in [0.2, 0.25) is 0 Å². The summed E-state index contributed by atoms with van der Waals surface area (Å²) in [5.74, 6) is -0.0803. The minimum atomic E-state index is -0.134. The van der Waals surface area contributed by atoms with Gasteiger partial charge in [-0.1, -0.05) is 56.7 Å². The fourth-order valence-electron chi connectivity index (χ4n) is 3.19. The van der Waals surface area contributed by atoms with Crippen LogP contribution < -0.4 is 10.9 Å². The van der Waals surface area contributed by atoms with Crippen molar-refractivity contribution in [2.45, 2.75) is 39.7 Å². The van der Waals surface area contributed by atoms with Gasteiger partial charge >= 0.3 is 0 Å². The lowest BCUT2D eigenvalue weighted by Gasteiger charge is -2.09. The van der Waals surface area contributed by atoms with Gasteiger partial charge in [-0.15, -0.1) is 0 Å². The predicted molar refractivity (Wildman–Crippen MR) is 116 cm³/mol. The quantitative estimate of drug-likeness (QED) is 0.632. The van der Waals surface area contributed by atoms with Crippen molar-refractivity contribution < 1.29 is 4.79 Å². The molecule has 0 fully saturated rings. The second-order valence-electron chi connectivity index (χ2n) is 7.12. The molecule has 1 heterocycles. The molecule has 29 heavy (non-hydrogen) atoms. The van der Waals surface area contributed by atoms with Crippen LogP contribution in [0, 0.1) is 0 Å². The van der Waals surface area contributed by atoms with Crippen molar-refractivity contribution in [2.24, 2.45) is 0 Å². The Hall–Kier alpha value is -3.21. The van der Waals surface area contributed by atoms with E-state index in [1.54, 1.807) is 24.3 Å². The molecule has 0 spiro atoms. The van der Waals surface area contributed by atoms with Crippen molar-refractivity contribution >= 4 is 5.91 Å². The summed E-state index contributed by atoms with van der Waals surface area (Å²) in [6.07, 6.45) is 3.01. The smallest absolute Gasteiger partial charge is 0.267 e. The van der Waals surface area contributed by atoms with Gasteiger partial charge < -0.3 is 5.32 Å². The number of rotatable bonds is 8. The van der Waals surface area contributed by atoms with E-state index in [2.05, 4.69) is 29.5 Å². The Morgan fingerprint density at radius 2 is 1.72 bits per heavy atom. The normalized spacial score (nSPS) is 10.7. The maximum absolute atomic E-state index is 12.3. The summed E-state index contributed by atoms with van der Waals surface area (Å²) in [5, 5.41) is 7.41. The molecule has 2 aromatic carbocycles. The van der Waals surface area contributed by atoms with Gasteiger partial charge in [-0.25, -0.2) is 4.68 Å². The largest absolute Gasteiger partial charge is 0.352 e. The fourth-order valence-corrected chi connectivity index (χ4v) is 3.19. The van der Waals surface area contributed by atoms with Crippen LogP contribution in [-0.2, 0) is 13.0 Å². The number of amides is 1. The number of carbonyl (C=O) groups is 1. The summed E-state index contributed by atoms with van der Waals surface area (Å²) in [7, 11) is 0. The number of carbonyl (C=O) groups excluding carboxylic acids is 1. The molecule has 0 saturated carbocycles. The van der Waals surface area contributed by atoms with Crippen molar-refractivity contribution in [2.75, 3.05) is 6.54 Å². The van der Waals surface area contributed by atoms with Gasteiger partial charge in [-0.3, -0.25) is 9.59 Å². The zero-order chi connectivity index (χ0) is 20.6. The number of hydrogen-bond acceptors (Lipinski definition) is 3. The van der Waals surface area contributed by atoms with Crippen LogP contribution in [0.2, 0.25) is 0 Å². The summed E-state index contributed by atoms with van der Waals surface area (Å²) in [4.78, 5) is 24.4. The highest BCUT2D eigenvalue weighted by Crippen LogP contribution is 2.17. The second-order valence-corrected chi connectivity index (χ2v) is 7.12. The average Bonchev–Trinajstić information content (AvgIpc) is 2.74. The van der Waals surface area contributed by atoms with E-state index in [9.17, 15) is 9.59 Å². The molecule has 0 atom stereocenters. The van der Waals surface area contributed by atoms with Gasteiger partial charge in [0.1, 0.15) is 0 Å². The molecule has 1 aromatic heterocycles. The zero-order valence-corrected chi connectivity index (χ0v) is 17.0. The van der Waals surface area contributed by atoms with Crippen LogP contribution >= 0.6 is 0 Å².